The zero-order valence-corrected chi connectivity index (χ0v) is 20.7. The molecule has 0 bridgehead atoms. The Morgan fingerprint density at radius 2 is 1.53 bits per heavy atom. The molecule has 4 heteroatoms. The summed E-state index contributed by atoms with van der Waals surface area (Å²) in [5, 5.41) is 3.06. The Hall–Kier alpha value is -2.62. The van der Waals surface area contributed by atoms with Crippen molar-refractivity contribution in [2.24, 2.45) is 0 Å². The molecule has 0 saturated heterocycles. The van der Waals surface area contributed by atoms with Gasteiger partial charge in [-0.3, -0.25) is 9.59 Å². The average molecular weight is 437 g/mol. The van der Waals surface area contributed by atoms with Crippen molar-refractivity contribution < 1.29 is 9.59 Å². The molecule has 2 aromatic carbocycles. The van der Waals surface area contributed by atoms with E-state index in [-0.39, 0.29) is 23.3 Å². The summed E-state index contributed by atoms with van der Waals surface area (Å²) in [5.41, 5.74) is 3.57. The third-order valence-corrected chi connectivity index (χ3v) is 6.03. The first kappa shape index (κ1) is 25.6. The highest BCUT2D eigenvalue weighted by atomic mass is 16.2. The van der Waals surface area contributed by atoms with Gasteiger partial charge in [-0.15, -0.1) is 0 Å². The fourth-order valence-corrected chi connectivity index (χ4v) is 3.71. The van der Waals surface area contributed by atoms with Crippen LogP contribution in [0.15, 0.2) is 54.6 Å². The van der Waals surface area contributed by atoms with Gasteiger partial charge in [-0.05, 0) is 48.3 Å². The molecule has 0 fully saturated rings. The van der Waals surface area contributed by atoms with Gasteiger partial charge in [-0.25, -0.2) is 0 Å². The van der Waals surface area contributed by atoms with E-state index in [4.69, 9.17) is 0 Å². The summed E-state index contributed by atoms with van der Waals surface area (Å²) in [4.78, 5) is 28.1. The second kappa shape index (κ2) is 11.8. The summed E-state index contributed by atoms with van der Waals surface area (Å²) in [6.07, 6.45) is 2.49. The van der Waals surface area contributed by atoms with Crippen molar-refractivity contribution in [2.45, 2.75) is 91.3 Å². The molecular weight excluding hydrogens is 396 g/mol. The molecule has 174 valence electrons. The number of benzene rings is 2. The van der Waals surface area contributed by atoms with E-state index in [1.54, 1.807) is 4.90 Å². The molecule has 0 radical (unpaired) electrons. The van der Waals surface area contributed by atoms with Crippen molar-refractivity contribution in [1.82, 2.24) is 10.2 Å². The van der Waals surface area contributed by atoms with Gasteiger partial charge in [0.2, 0.25) is 11.8 Å². The predicted molar refractivity (Wildman–Crippen MR) is 132 cm³/mol. The summed E-state index contributed by atoms with van der Waals surface area (Å²) in [5.74, 6) is -0.0550. The van der Waals surface area contributed by atoms with Crippen LogP contribution in [0.5, 0.6) is 0 Å². The van der Waals surface area contributed by atoms with Crippen LogP contribution in [0.25, 0.3) is 0 Å². The number of hydrogen-bond donors (Lipinski definition) is 1. The molecule has 0 saturated carbocycles. The van der Waals surface area contributed by atoms with Crippen molar-refractivity contribution >= 4 is 11.8 Å². The Kier molecular flexibility index (Phi) is 9.49. The molecular formula is C28H40N2O2. The second-order valence-electron chi connectivity index (χ2n) is 9.70. The Morgan fingerprint density at radius 3 is 2.06 bits per heavy atom. The van der Waals surface area contributed by atoms with Crippen LogP contribution in [0, 0.1) is 0 Å². The Morgan fingerprint density at radius 1 is 0.906 bits per heavy atom. The third kappa shape index (κ3) is 7.51. The van der Waals surface area contributed by atoms with Crippen LogP contribution in [0.3, 0.4) is 0 Å². The predicted octanol–water partition coefficient (Wildman–Crippen LogP) is 5.64. The molecule has 2 aromatic rings. The van der Waals surface area contributed by atoms with E-state index in [0.717, 1.165) is 17.5 Å². The van der Waals surface area contributed by atoms with Crippen molar-refractivity contribution in [3.8, 4) is 0 Å². The lowest BCUT2D eigenvalue weighted by molar-refractivity contribution is -0.141. The van der Waals surface area contributed by atoms with Crippen LogP contribution in [0.1, 0.15) is 77.5 Å². The zero-order valence-electron chi connectivity index (χ0n) is 20.7. The fourth-order valence-electron chi connectivity index (χ4n) is 3.71. The van der Waals surface area contributed by atoms with E-state index < -0.39 is 6.04 Å². The third-order valence-electron chi connectivity index (χ3n) is 6.03. The molecule has 0 aliphatic rings. The van der Waals surface area contributed by atoms with Crippen LogP contribution >= 0.6 is 0 Å². The molecule has 2 unspecified atom stereocenters. The molecule has 2 amide bonds. The topological polar surface area (TPSA) is 49.4 Å². The minimum absolute atomic E-state index is 0.0138. The number of aryl methyl sites for hydroxylation is 1. The van der Waals surface area contributed by atoms with Gasteiger partial charge in [0, 0.05) is 19.0 Å². The lowest BCUT2D eigenvalue weighted by atomic mass is 9.86. The lowest BCUT2D eigenvalue weighted by Crippen LogP contribution is -2.50. The highest BCUT2D eigenvalue weighted by Crippen LogP contribution is 2.23. The highest BCUT2D eigenvalue weighted by molar-refractivity contribution is 5.87. The van der Waals surface area contributed by atoms with E-state index in [2.05, 4.69) is 50.4 Å². The molecule has 32 heavy (non-hydrogen) atoms. The van der Waals surface area contributed by atoms with Gasteiger partial charge in [-0.1, -0.05) is 89.2 Å². The number of hydrogen-bond acceptors (Lipinski definition) is 2. The zero-order chi connectivity index (χ0) is 23.7. The number of nitrogens with one attached hydrogen (secondary N) is 1. The van der Waals surface area contributed by atoms with Crippen LogP contribution in [-0.2, 0) is 28.0 Å². The average Bonchev–Trinajstić information content (AvgIpc) is 2.77. The first-order valence-corrected chi connectivity index (χ1v) is 11.9. The van der Waals surface area contributed by atoms with Gasteiger partial charge in [0.1, 0.15) is 6.04 Å². The maximum absolute atomic E-state index is 13.4. The maximum atomic E-state index is 13.4. The normalized spacial score (nSPS) is 13.3. The van der Waals surface area contributed by atoms with Gasteiger partial charge >= 0.3 is 0 Å². The lowest BCUT2D eigenvalue weighted by Gasteiger charge is -2.31. The fraction of sp³-hybridized carbons (Fsp3) is 0.500. The molecule has 0 aliphatic heterocycles. The van der Waals surface area contributed by atoms with Gasteiger partial charge in [0.15, 0.2) is 0 Å². The summed E-state index contributed by atoms with van der Waals surface area (Å²) in [6, 6.07) is 18.0. The van der Waals surface area contributed by atoms with Crippen LogP contribution in [0.4, 0.5) is 0 Å². The SMILES string of the molecule is CCC(C)NC(=O)C(CC)N(Cc1ccccc1)C(=O)CCc1ccc(C(C)(C)C)cc1. The Balaban J connectivity index is 2.16. The summed E-state index contributed by atoms with van der Waals surface area (Å²) in [6.45, 7) is 13.0. The van der Waals surface area contributed by atoms with Crippen molar-refractivity contribution in [3.05, 3.63) is 71.3 Å². The number of carbonyl (C=O) groups excluding carboxylic acids is 2. The van der Waals surface area contributed by atoms with Crippen LogP contribution in [0.2, 0.25) is 0 Å². The summed E-state index contributed by atoms with van der Waals surface area (Å²) in [7, 11) is 0. The second-order valence-corrected chi connectivity index (χ2v) is 9.70. The van der Waals surface area contributed by atoms with E-state index >= 15 is 0 Å². The Bertz CT molecular complexity index is 853. The molecule has 2 rings (SSSR count). The first-order valence-electron chi connectivity index (χ1n) is 11.9. The van der Waals surface area contributed by atoms with Gasteiger partial charge in [0.05, 0.1) is 0 Å². The van der Waals surface area contributed by atoms with Gasteiger partial charge in [0.25, 0.3) is 0 Å². The molecule has 0 heterocycles. The van der Waals surface area contributed by atoms with Crippen molar-refractivity contribution in [3.63, 3.8) is 0 Å². The summed E-state index contributed by atoms with van der Waals surface area (Å²) >= 11 is 0. The molecule has 0 spiro atoms. The Labute approximate surface area is 194 Å². The number of rotatable bonds is 10. The van der Waals surface area contributed by atoms with E-state index in [1.165, 1.54) is 5.56 Å². The quantitative estimate of drug-likeness (QED) is 0.524. The minimum atomic E-state index is -0.472. The number of nitrogens with zero attached hydrogens (tertiary/aromatic N) is 1. The van der Waals surface area contributed by atoms with Gasteiger partial charge in [-0.2, -0.15) is 0 Å². The summed E-state index contributed by atoms with van der Waals surface area (Å²) < 4.78 is 0. The van der Waals surface area contributed by atoms with E-state index in [9.17, 15) is 9.59 Å². The number of amides is 2. The van der Waals surface area contributed by atoms with Crippen molar-refractivity contribution in [1.29, 1.82) is 0 Å². The van der Waals surface area contributed by atoms with Crippen molar-refractivity contribution in [2.75, 3.05) is 0 Å². The highest BCUT2D eigenvalue weighted by Gasteiger charge is 2.29. The largest absolute Gasteiger partial charge is 0.352 e. The molecule has 4 nitrogen and oxygen atoms in total. The molecule has 2 atom stereocenters. The molecule has 0 aliphatic carbocycles. The molecule has 0 aromatic heterocycles. The molecule has 1 N–H and O–H groups in total. The maximum Gasteiger partial charge on any atom is 0.243 e. The number of carbonyl (C=O) groups is 2. The van der Waals surface area contributed by atoms with E-state index in [1.807, 2.05) is 51.1 Å². The minimum Gasteiger partial charge on any atom is -0.352 e. The standard InChI is InChI=1S/C28H40N2O2/c1-7-21(3)29-27(32)25(8-2)30(20-23-12-10-9-11-13-23)26(31)19-16-22-14-17-24(18-15-22)28(4,5)6/h9-15,17-18,21,25H,7-8,16,19-20H2,1-6H3,(H,29,32). The monoisotopic (exact) mass is 436 g/mol. The smallest absolute Gasteiger partial charge is 0.243 e. The van der Waals surface area contributed by atoms with E-state index in [0.29, 0.717) is 25.8 Å². The van der Waals surface area contributed by atoms with Crippen LogP contribution in [-0.4, -0.2) is 28.8 Å². The van der Waals surface area contributed by atoms with Gasteiger partial charge < -0.3 is 10.2 Å². The van der Waals surface area contributed by atoms with Crippen LogP contribution < -0.4 is 5.32 Å². The first-order chi connectivity index (χ1) is 15.2.